The molecule has 0 saturated carbocycles. The smallest absolute Gasteiger partial charge is 0.259 e. The van der Waals surface area contributed by atoms with E-state index in [0.29, 0.717) is 44.6 Å². The van der Waals surface area contributed by atoms with Gasteiger partial charge in [-0.3, -0.25) is 9.59 Å². The van der Waals surface area contributed by atoms with E-state index in [0.717, 1.165) is 11.1 Å². The second-order valence-corrected chi connectivity index (χ2v) is 10.3. The van der Waals surface area contributed by atoms with Gasteiger partial charge in [0.1, 0.15) is 0 Å². The van der Waals surface area contributed by atoms with Crippen LogP contribution in [0.5, 0.6) is 0 Å². The Morgan fingerprint density at radius 3 is 2.39 bits per heavy atom. The molecule has 0 fully saturated rings. The highest BCUT2D eigenvalue weighted by Gasteiger charge is 2.31. The van der Waals surface area contributed by atoms with Crippen LogP contribution in [0.1, 0.15) is 31.8 Å². The predicted octanol–water partition coefficient (Wildman–Crippen LogP) is 5.64. The van der Waals surface area contributed by atoms with E-state index in [1.54, 1.807) is 59.5 Å². The average molecular weight is 515 g/mol. The Morgan fingerprint density at radius 1 is 0.833 bits per heavy atom. The van der Waals surface area contributed by atoms with Crippen LogP contribution in [-0.2, 0) is 23.8 Å². The normalized spacial score (nSPS) is 14.5. The number of carbonyl (C=O) groups is 2. The summed E-state index contributed by atoms with van der Waals surface area (Å²) < 4.78 is 13.5. The third kappa shape index (κ3) is 4.96. The Balaban J connectivity index is 1.49. The molecule has 180 valence electrons. The number of anilines is 1. The molecule has 5 nitrogen and oxygen atoms in total. The number of benzene rings is 4. The monoisotopic (exact) mass is 514 g/mol. The van der Waals surface area contributed by atoms with Gasteiger partial charge < -0.3 is 10.2 Å². The van der Waals surface area contributed by atoms with Crippen molar-refractivity contribution in [1.29, 1.82) is 0 Å². The van der Waals surface area contributed by atoms with Gasteiger partial charge in [-0.1, -0.05) is 66.2 Å². The van der Waals surface area contributed by atoms with Crippen molar-refractivity contribution in [2.75, 3.05) is 11.4 Å². The third-order valence-corrected chi connectivity index (χ3v) is 7.78. The molecule has 5 rings (SSSR count). The number of hydrogen-bond acceptors (Lipinski definition) is 3. The molecule has 36 heavy (non-hydrogen) atoms. The number of nitrogens with zero attached hydrogens (tertiary/aromatic N) is 1. The van der Waals surface area contributed by atoms with Crippen molar-refractivity contribution in [2.24, 2.45) is 0 Å². The minimum Gasteiger partial charge on any atom is -0.352 e. The first kappa shape index (κ1) is 24.0. The summed E-state index contributed by atoms with van der Waals surface area (Å²) in [7, 11) is -1.58. The zero-order chi connectivity index (χ0) is 25.1. The Hall–Kier alpha value is -3.74. The molecule has 0 aromatic heterocycles. The molecule has 4 aromatic rings. The average Bonchev–Trinajstić information content (AvgIpc) is 2.98. The predicted molar refractivity (Wildman–Crippen MR) is 142 cm³/mol. The third-order valence-electron chi connectivity index (χ3n) is 6.05. The van der Waals surface area contributed by atoms with E-state index in [1.807, 2.05) is 42.5 Å². The van der Waals surface area contributed by atoms with Crippen LogP contribution in [0.25, 0.3) is 0 Å². The van der Waals surface area contributed by atoms with Crippen molar-refractivity contribution in [3.05, 3.63) is 124 Å². The standard InChI is InChI=1S/C29H23ClN2O3S/c30-23-10-6-9-21(17-23)19-32-25-18-22(28(33)31-16-15-20-7-2-1-3-8-20)13-14-27(25)36(35)26-12-5-4-11-24(26)29(32)34/h1-14,17-18H,15-16,19H2,(H,31,33)/t36-/m0/s1. The van der Waals surface area contributed by atoms with E-state index in [2.05, 4.69) is 5.32 Å². The number of fused-ring (bicyclic) bond motifs is 2. The lowest BCUT2D eigenvalue weighted by Crippen LogP contribution is -2.31. The fraction of sp³-hybridized carbons (Fsp3) is 0.103. The summed E-state index contributed by atoms with van der Waals surface area (Å²) in [5.41, 5.74) is 3.18. The van der Waals surface area contributed by atoms with Crippen molar-refractivity contribution in [3.8, 4) is 0 Å². The van der Waals surface area contributed by atoms with Gasteiger partial charge in [-0.15, -0.1) is 0 Å². The Kier molecular flexibility index (Phi) is 6.98. The van der Waals surface area contributed by atoms with Gasteiger partial charge in [-0.25, -0.2) is 4.21 Å². The fourth-order valence-electron chi connectivity index (χ4n) is 4.25. The first-order valence-corrected chi connectivity index (χ1v) is 13.1. The van der Waals surface area contributed by atoms with Gasteiger partial charge in [0.25, 0.3) is 11.8 Å². The molecule has 1 aliphatic heterocycles. The quantitative estimate of drug-likeness (QED) is 0.362. The molecular formula is C29H23ClN2O3S. The molecule has 0 saturated heterocycles. The van der Waals surface area contributed by atoms with E-state index < -0.39 is 10.8 Å². The van der Waals surface area contributed by atoms with Crippen LogP contribution in [0.2, 0.25) is 5.02 Å². The number of amides is 2. The molecule has 1 atom stereocenters. The summed E-state index contributed by atoms with van der Waals surface area (Å²) in [4.78, 5) is 29.2. The highest BCUT2D eigenvalue weighted by molar-refractivity contribution is 7.85. The maximum Gasteiger partial charge on any atom is 0.259 e. The second-order valence-electron chi connectivity index (χ2n) is 8.46. The first-order chi connectivity index (χ1) is 17.5. The lowest BCUT2D eigenvalue weighted by molar-refractivity contribution is 0.0950. The number of nitrogens with one attached hydrogen (secondary N) is 1. The second kappa shape index (κ2) is 10.5. The molecule has 1 N–H and O–H groups in total. The Labute approximate surface area is 217 Å². The Bertz CT molecular complexity index is 1470. The molecule has 0 aliphatic carbocycles. The summed E-state index contributed by atoms with van der Waals surface area (Å²) in [5.74, 6) is -0.532. The van der Waals surface area contributed by atoms with Crippen molar-refractivity contribution in [3.63, 3.8) is 0 Å². The van der Waals surface area contributed by atoms with E-state index in [4.69, 9.17) is 11.6 Å². The zero-order valence-corrected chi connectivity index (χ0v) is 20.9. The van der Waals surface area contributed by atoms with Crippen molar-refractivity contribution < 1.29 is 13.8 Å². The summed E-state index contributed by atoms with van der Waals surface area (Å²) in [6.45, 7) is 0.694. The van der Waals surface area contributed by atoms with Crippen LogP contribution in [0.3, 0.4) is 0 Å². The van der Waals surface area contributed by atoms with Gasteiger partial charge in [-0.05, 0) is 60.0 Å². The highest BCUT2D eigenvalue weighted by atomic mass is 35.5. The summed E-state index contributed by atoms with van der Waals surface area (Å²) in [6.07, 6.45) is 0.705. The largest absolute Gasteiger partial charge is 0.352 e. The molecule has 0 radical (unpaired) electrons. The summed E-state index contributed by atoms with van der Waals surface area (Å²) in [5, 5.41) is 3.51. The molecule has 4 aromatic carbocycles. The summed E-state index contributed by atoms with van der Waals surface area (Å²) >= 11 is 6.19. The van der Waals surface area contributed by atoms with Gasteiger partial charge in [0, 0.05) is 17.1 Å². The molecule has 1 aliphatic rings. The van der Waals surface area contributed by atoms with Gasteiger partial charge in [0.05, 0.1) is 38.4 Å². The maximum absolute atomic E-state index is 13.7. The SMILES string of the molecule is O=C(NCCc1ccccc1)c1ccc2c(c1)N(Cc1cccc(Cl)c1)C(=O)c1ccccc1[S@@]2=O. The van der Waals surface area contributed by atoms with Crippen molar-refractivity contribution in [2.45, 2.75) is 22.8 Å². The lowest BCUT2D eigenvalue weighted by atomic mass is 10.1. The topological polar surface area (TPSA) is 66.5 Å². The van der Waals surface area contributed by atoms with Crippen LogP contribution < -0.4 is 10.2 Å². The summed E-state index contributed by atoms with van der Waals surface area (Å²) in [6, 6.07) is 29.1. The molecule has 0 bridgehead atoms. The van der Waals surface area contributed by atoms with E-state index in [1.165, 1.54) is 0 Å². The Morgan fingerprint density at radius 2 is 1.58 bits per heavy atom. The van der Waals surface area contributed by atoms with Crippen LogP contribution in [0.4, 0.5) is 5.69 Å². The van der Waals surface area contributed by atoms with Crippen molar-refractivity contribution >= 4 is 39.9 Å². The van der Waals surface area contributed by atoms with Gasteiger partial charge >= 0.3 is 0 Å². The maximum atomic E-state index is 13.7. The minimum atomic E-state index is -1.58. The van der Waals surface area contributed by atoms with E-state index in [-0.39, 0.29) is 18.4 Å². The van der Waals surface area contributed by atoms with Gasteiger partial charge in [-0.2, -0.15) is 0 Å². The first-order valence-electron chi connectivity index (χ1n) is 11.5. The number of carbonyl (C=O) groups excluding carboxylic acids is 2. The van der Waals surface area contributed by atoms with Crippen LogP contribution in [0, 0.1) is 0 Å². The molecule has 1 heterocycles. The molecule has 0 spiro atoms. The molecule has 2 amide bonds. The minimum absolute atomic E-state index is 0.219. The van der Waals surface area contributed by atoms with Crippen LogP contribution in [-0.4, -0.2) is 22.6 Å². The van der Waals surface area contributed by atoms with Crippen LogP contribution >= 0.6 is 11.6 Å². The van der Waals surface area contributed by atoms with E-state index in [9.17, 15) is 13.8 Å². The van der Waals surface area contributed by atoms with Gasteiger partial charge in [0.15, 0.2) is 0 Å². The number of hydrogen-bond donors (Lipinski definition) is 1. The number of halogens is 1. The zero-order valence-electron chi connectivity index (χ0n) is 19.3. The van der Waals surface area contributed by atoms with Gasteiger partial charge in [0.2, 0.25) is 0 Å². The molecular weight excluding hydrogens is 492 g/mol. The fourth-order valence-corrected chi connectivity index (χ4v) is 5.80. The number of rotatable bonds is 6. The molecule has 0 unspecified atom stereocenters. The van der Waals surface area contributed by atoms with E-state index >= 15 is 0 Å². The molecule has 7 heteroatoms. The van der Waals surface area contributed by atoms with Crippen LogP contribution in [0.15, 0.2) is 107 Å². The highest BCUT2D eigenvalue weighted by Crippen LogP contribution is 2.36. The lowest BCUT2D eigenvalue weighted by Gasteiger charge is -2.24. The van der Waals surface area contributed by atoms with Crippen molar-refractivity contribution in [1.82, 2.24) is 5.32 Å².